The number of benzene rings is 1. The molecule has 0 saturated heterocycles. The Kier molecular flexibility index (Phi) is 10.7. The first kappa shape index (κ1) is 24.7. The first-order chi connectivity index (χ1) is 12.6. The van der Waals surface area contributed by atoms with Crippen LogP contribution in [0.15, 0.2) is 0 Å². The van der Waals surface area contributed by atoms with Gasteiger partial charge in [-0.15, -0.1) is 0 Å². The number of aliphatic hydroxyl groups excluding tert-OH is 1. The number of anilines is 3. The van der Waals surface area contributed by atoms with E-state index in [1.54, 1.807) is 0 Å². The molecule has 1 rings (SSSR count). The highest BCUT2D eigenvalue weighted by Crippen LogP contribution is 2.41. The second kappa shape index (κ2) is 11.6. The molecule has 0 saturated carbocycles. The van der Waals surface area contributed by atoms with Crippen molar-refractivity contribution in [1.29, 1.82) is 0 Å². The third-order valence-electron chi connectivity index (χ3n) is 3.02. The molecule has 1 aromatic rings. The fraction of sp³-hybridized carbons (Fsp3) is 0.400. The molecule has 0 radical (unpaired) electrons. The molecule has 12 heteroatoms. The van der Waals surface area contributed by atoms with Gasteiger partial charge in [0.25, 0.3) is 5.91 Å². The fourth-order valence-electron chi connectivity index (χ4n) is 1.83. The van der Waals surface area contributed by atoms with Crippen LogP contribution in [0.5, 0.6) is 0 Å². The molecule has 3 amide bonds. The quantitative estimate of drug-likeness (QED) is 0.305. The molecule has 1 aromatic carbocycles. The van der Waals surface area contributed by atoms with Gasteiger partial charge >= 0.3 is 0 Å². The monoisotopic (exact) mass is 717 g/mol. The largest absolute Gasteiger partial charge is 0.384 e. The van der Waals surface area contributed by atoms with Gasteiger partial charge in [-0.1, -0.05) is 0 Å². The Morgan fingerprint density at radius 1 is 0.852 bits per heavy atom. The van der Waals surface area contributed by atoms with Crippen molar-refractivity contribution >= 4 is 103 Å². The molecular weight excluding hydrogens is 699 g/mol. The van der Waals surface area contributed by atoms with Crippen LogP contribution in [0.1, 0.15) is 6.92 Å². The summed E-state index contributed by atoms with van der Waals surface area (Å²) < 4.78 is 11.3. The molecule has 1 atom stereocenters. The summed E-state index contributed by atoms with van der Waals surface area (Å²) in [7, 11) is 2.79. The SMILES string of the molecule is COCC(=O)Nc1c(I)c(NC(=O)COC)c(I)c(NC(=O)C(C)O)c1I. The normalized spacial score (nSPS) is 11.7. The van der Waals surface area contributed by atoms with E-state index < -0.39 is 23.8 Å². The highest BCUT2D eigenvalue weighted by Gasteiger charge is 2.24. The average Bonchev–Trinajstić information content (AvgIpc) is 2.59. The maximum atomic E-state index is 12.0. The van der Waals surface area contributed by atoms with Crippen LogP contribution in [0.3, 0.4) is 0 Å². The Balaban J connectivity index is 3.49. The lowest BCUT2D eigenvalue weighted by molar-refractivity contribution is -0.123. The molecule has 0 bridgehead atoms. The highest BCUT2D eigenvalue weighted by molar-refractivity contribution is 14.1. The van der Waals surface area contributed by atoms with Crippen LogP contribution in [0.2, 0.25) is 0 Å². The van der Waals surface area contributed by atoms with Gasteiger partial charge in [-0.2, -0.15) is 0 Å². The first-order valence-electron chi connectivity index (χ1n) is 7.40. The number of aliphatic hydroxyl groups is 1. The molecule has 0 fully saturated rings. The van der Waals surface area contributed by atoms with E-state index in [2.05, 4.69) is 16.0 Å². The molecule has 0 aliphatic rings. The van der Waals surface area contributed by atoms with Crippen molar-refractivity contribution in [2.45, 2.75) is 13.0 Å². The standard InChI is InChI=1S/C15H18I3N3O6/c1-6(22)15(25)21-14-10(17)12(19-7(23)4-26-2)9(16)13(11(14)18)20-8(24)5-27-3/h6,22H,4-5H2,1-3H3,(H,19,23)(H,20,24)(H,21,25). The van der Waals surface area contributed by atoms with Crippen molar-refractivity contribution in [3.05, 3.63) is 10.7 Å². The van der Waals surface area contributed by atoms with E-state index in [-0.39, 0.29) is 13.2 Å². The number of amides is 3. The minimum absolute atomic E-state index is 0.154. The number of halogens is 3. The predicted octanol–water partition coefficient (Wildman–Crippen LogP) is 1.99. The first-order valence-corrected chi connectivity index (χ1v) is 10.6. The van der Waals surface area contributed by atoms with Gasteiger partial charge in [-0.3, -0.25) is 14.4 Å². The number of nitrogens with one attached hydrogen (secondary N) is 3. The van der Waals surface area contributed by atoms with Crippen molar-refractivity contribution in [2.75, 3.05) is 43.4 Å². The van der Waals surface area contributed by atoms with Gasteiger partial charge in [0.05, 0.1) is 27.8 Å². The van der Waals surface area contributed by atoms with E-state index in [4.69, 9.17) is 9.47 Å². The van der Waals surface area contributed by atoms with E-state index in [1.165, 1.54) is 21.1 Å². The number of carbonyl (C=O) groups is 3. The van der Waals surface area contributed by atoms with Gasteiger partial charge in [0, 0.05) is 14.2 Å². The van der Waals surface area contributed by atoms with Crippen LogP contribution in [-0.4, -0.2) is 56.4 Å². The number of ether oxygens (including phenoxy) is 2. The van der Waals surface area contributed by atoms with Gasteiger partial charge in [0.15, 0.2) is 0 Å². The van der Waals surface area contributed by atoms with E-state index in [0.29, 0.717) is 27.8 Å². The second-order valence-electron chi connectivity index (χ2n) is 5.19. The Labute approximate surface area is 197 Å². The smallest absolute Gasteiger partial charge is 0.252 e. The fourth-order valence-corrected chi connectivity index (χ4v) is 5.81. The molecule has 0 spiro atoms. The lowest BCUT2D eigenvalue weighted by Crippen LogP contribution is -2.27. The number of hydrogen-bond donors (Lipinski definition) is 4. The van der Waals surface area contributed by atoms with Crippen LogP contribution in [0.4, 0.5) is 17.1 Å². The van der Waals surface area contributed by atoms with Crippen LogP contribution in [0, 0.1) is 10.7 Å². The van der Waals surface area contributed by atoms with E-state index in [1.807, 2.05) is 67.8 Å². The van der Waals surface area contributed by atoms with E-state index in [0.717, 1.165) is 0 Å². The molecule has 9 nitrogen and oxygen atoms in total. The zero-order valence-corrected chi connectivity index (χ0v) is 21.1. The van der Waals surface area contributed by atoms with Crippen molar-refractivity contribution in [1.82, 2.24) is 0 Å². The second-order valence-corrected chi connectivity index (χ2v) is 8.43. The summed E-state index contributed by atoms with van der Waals surface area (Å²) in [4.78, 5) is 36.0. The summed E-state index contributed by atoms with van der Waals surface area (Å²) in [6.45, 7) is 1.03. The number of methoxy groups -OCH3 is 2. The molecular formula is C15H18I3N3O6. The molecule has 0 aliphatic carbocycles. The van der Waals surface area contributed by atoms with E-state index in [9.17, 15) is 19.5 Å². The lowest BCUT2D eigenvalue weighted by atomic mass is 10.2. The molecule has 0 heterocycles. The Bertz CT molecular complexity index is 695. The summed E-state index contributed by atoms with van der Waals surface area (Å²) in [5.74, 6) is -1.40. The predicted molar refractivity (Wildman–Crippen MR) is 126 cm³/mol. The van der Waals surface area contributed by atoms with Crippen molar-refractivity contribution < 1.29 is 29.0 Å². The molecule has 1 unspecified atom stereocenters. The Hall–Kier alpha value is -0.300. The average molecular weight is 717 g/mol. The summed E-state index contributed by atoms with van der Waals surface area (Å²) >= 11 is 5.95. The number of rotatable bonds is 8. The van der Waals surface area contributed by atoms with Crippen LogP contribution < -0.4 is 16.0 Å². The Morgan fingerprint density at radius 3 is 1.48 bits per heavy atom. The lowest BCUT2D eigenvalue weighted by Gasteiger charge is -2.21. The van der Waals surface area contributed by atoms with Gasteiger partial charge in [-0.25, -0.2) is 0 Å². The number of hydrogen-bond acceptors (Lipinski definition) is 6. The van der Waals surface area contributed by atoms with Gasteiger partial charge < -0.3 is 30.5 Å². The number of carbonyl (C=O) groups excluding carboxylic acids is 3. The zero-order valence-electron chi connectivity index (χ0n) is 14.6. The highest BCUT2D eigenvalue weighted by atomic mass is 127. The topological polar surface area (TPSA) is 126 Å². The third-order valence-corrected chi connectivity index (χ3v) is 6.26. The minimum atomic E-state index is -1.23. The van der Waals surface area contributed by atoms with E-state index >= 15 is 0 Å². The maximum Gasteiger partial charge on any atom is 0.252 e. The molecule has 27 heavy (non-hydrogen) atoms. The van der Waals surface area contributed by atoms with Gasteiger partial charge in [-0.05, 0) is 74.7 Å². The molecule has 0 aromatic heterocycles. The maximum absolute atomic E-state index is 12.0. The summed E-state index contributed by atoms with van der Waals surface area (Å²) in [5, 5.41) is 17.6. The van der Waals surface area contributed by atoms with Gasteiger partial charge in [0.1, 0.15) is 19.3 Å². The minimum Gasteiger partial charge on any atom is -0.384 e. The zero-order chi connectivity index (χ0) is 20.7. The molecule has 4 N–H and O–H groups in total. The molecule has 0 aliphatic heterocycles. The van der Waals surface area contributed by atoms with Crippen LogP contribution in [0.25, 0.3) is 0 Å². The summed E-state index contributed by atoms with van der Waals surface area (Å²) in [5.41, 5.74) is 1.18. The third kappa shape index (κ3) is 6.91. The van der Waals surface area contributed by atoms with Crippen molar-refractivity contribution in [3.63, 3.8) is 0 Å². The summed E-state index contributed by atoms with van der Waals surface area (Å²) in [6, 6.07) is 0. The Morgan fingerprint density at radius 2 is 1.19 bits per heavy atom. The van der Waals surface area contributed by atoms with Crippen LogP contribution >= 0.6 is 67.8 Å². The van der Waals surface area contributed by atoms with Crippen molar-refractivity contribution in [3.8, 4) is 0 Å². The van der Waals surface area contributed by atoms with Gasteiger partial charge in [0.2, 0.25) is 11.8 Å². The molecule has 150 valence electrons. The summed E-state index contributed by atoms with van der Waals surface area (Å²) in [6.07, 6.45) is -1.23. The van der Waals surface area contributed by atoms with Crippen LogP contribution in [-0.2, 0) is 23.9 Å². The van der Waals surface area contributed by atoms with Crippen molar-refractivity contribution in [2.24, 2.45) is 0 Å².